The van der Waals surface area contributed by atoms with Crippen LogP contribution >= 0.6 is 11.3 Å². The van der Waals surface area contributed by atoms with E-state index < -0.39 is 0 Å². The van der Waals surface area contributed by atoms with E-state index >= 15 is 0 Å². The van der Waals surface area contributed by atoms with Gasteiger partial charge >= 0.3 is 0 Å². The van der Waals surface area contributed by atoms with Crippen molar-refractivity contribution < 1.29 is 0 Å². The number of hydrogen-bond acceptors (Lipinski definition) is 3. The van der Waals surface area contributed by atoms with E-state index in [4.69, 9.17) is 0 Å². The van der Waals surface area contributed by atoms with Crippen molar-refractivity contribution in [2.24, 2.45) is 5.92 Å². The highest BCUT2D eigenvalue weighted by Gasteiger charge is 2.26. The molecule has 78 valence electrons. The largest absolute Gasteiger partial charge is 0.374 e. The van der Waals surface area contributed by atoms with Gasteiger partial charge in [-0.15, -0.1) is 11.3 Å². The Labute approximate surface area is 92.8 Å². The number of rotatable bonds is 1. The van der Waals surface area contributed by atoms with Crippen molar-refractivity contribution in [1.29, 1.82) is 0 Å². The molecule has 0 amide bonds. The van der Waals surface area contributed by atoms with Crippen molar-refractivity contribution in [3.8, 4) is 5.00 Å². The third kappa shape index (κ3) is 1.21. The molecule has 3 rings (SSSR count). The number of imidazole rings is 1. The summed E-state index contributed by atoms with van der Waals surface area (Å²) in [5.41, 5.74) is 2.49. The normalized spacial score (nSPS) is 18.5. The lowest BCUT2D eigenvalue weighted by molar-refractivity contribution is 0.522. The average Bonchev–Trinajstić information content (AvgIpc) is 2.83. The van der Waals surface area contributed by atoms with Gasteiger partial charge in [-0.1, -0.05) is 13.8 Å². The Morgan fingerprint density at radius 2 is 2.40 bits per heavy atom. The SMILES string of the molecule is CC(C)[C@@H]1Nc2ccsc2-n2cncc21. The van der Waals surface area contributed by atoms with E-state index in [1.54, 1.807) is 11.3 Å². The molecule has 0 saturated carbocycles. The maximum atomic E-state index is 4.24. The van der Waals surface area contributed by atoms with Crippen LogP contribution < -0.4 is 5.32 Å². The van der Waals surface area contributed by atoms with Gasteiger partial charge in [0.05, 0.1) is 23.6 Å². The summed E-state index contributed by atoms with van der Waals surface area (Å²) >= 11 is 1.75. The maximum Gasteiger partial charge on any atom is 0.124 e. The molecule has 3 heterocycles. The van der Waals surface area contributed by atoms with Gasteiger partial charge in [-0.05, 0) is 17.4 Å². The van der Waals surface area contributed by atoms with Gasteiger partial charge in [0.2, 0.25) is 0 Å². The van der Waals surface area contributed by atoms with E-state index in [2.05, 4.69) is 40.2 Å². The van der Waals surface area contributed by atoms with Crippen LogP contribution in [-0.2, 0) is 0 Å². The highest BCUT2D eigenvalue weighted by atomic mass is 32.1. The smallest absolute Gasteiger partial charge is 0.124 e. The van der Waals surface area contributed by atoms with E-state index in [9.17, 15) is 0 Å². The summed E-state index contributed by atoms with van der Waals surface area (Å²) in [4.78, 5) is 4.24. The number of thiophene rings is 1. The molecule has 0 spiro atoms. The third-order valence-corrected chi connectivity index (χ3v) is 3.74. The summed E-state index contributed by atoms with van der Waals surface area (Å²) in [7, 11) is 0. The zero-order valence-corrected chi connectivity index (χ0v) is 9.58. The standard InChI is InChI=1S/C11H13N3S/c1-7(2)10-9-5-12-6-14(9)11-8(13-10)3-4-15-11/h3-7,10,13H,1-2H3/t10-/m0/s1. The Bertz CT molecular complexity index is 483. The predicted molar refractivity (Wildman–Crippen MR) is 62.6 cm³/mol. The van der Waals surface area contributed by atoms with E-state index in [0.29, 0.717) is 12.0 Å². The molecule has 1 N–H and O–H groups in total. The quantitative estimate of drug-likeness (QED) is 0.799. The van der Waals surface area contributed by atoms with Crippen LogP contribution in [0.1, 0.15) is 25.6 Å². The minimum Gasteiger partial charge on any atom is -0.374 e. The molecule has 0 unspecified atom stereocenters. The van der Waals surface area contributed by atoms with Crippen molar-refractivity contribution >= 4 is 17.0 Å². The van der Waals surface area contributed by atoms with E-state index in [1.807, 2.05) is 12.5 Å². The molecule has 1 aliphatic rings. The minimum atomic E-state index is 0.370. The molecular weight excluding hydrogens is 206 g/mol. The van der Waals surface area contributed by atoms with Gasteiger partial charge in [-0.25, -0.2) is 4.98 Å². The summed E-state index contributed by atoms with van der Waals surface area (Å²) < 4.78 is 2.20. The number of fused-ring (bicyclic) bond motifs is 3. The monoisotopic (exact) mass is 219 g/mol. The highest BCUT2D eigenvalue weighted by Crippen LogP contribution is 2.39. The van der Waals surface area contributed by atoms with Gasteiger partial charge in [-0.2, -0.15) is 0 Å². The van der Waals surface area contributed by atoms with E-state index in [-0.39, 0.29) is 0 Å². The molecule has 0 bridgehead atoms. The molecule has 2 aromatic heterocycles. The molecule has 0 aromatic carbocycles. The number of nitrogens with one attached hydrogen (secondary N) is 1. The van der Waals surface area contributed by atoms with Gasteiger partial charge in [0, 0.05) is 0 Å². The van der Waals surface area contributed by atoms with E-state index in [1.165, 1.54) is 16.4 Å². The number of anilines is 1. The van der Waals surface area contributed by atoms with Crippen LogP contribution in [0.15, 0.2) is 24.0 Å². The zero-order chi connectivity index (χ0) is 10.4. The fourth-order valence-electron chi connectivity index (χ4n) is 2.05. The molecule has 0 fully saturated rings. The van der Waals surface area contributed by atoms with Crippen LogP contribution in [0.25, 0.3) is 5.00 Å². The lowest BCUT2D eigenvalue weighted by Gasteiger charge is -2.29. The van der Waals surface area contributed by atoms with Crippen molar-refractivity contribution in [3.05, 3.63) is 29.7 Å². The van der Waals surface area contributed by atoms with Gasteiger partial charge in [0.15, 0.2) is 0 Å². The first kappa shape index (κ1) is 8.97. The second kappa shape index (κ2) is 3.10. The Morgan fingerprint density at radius 3 is 3.20 bits per heavy atom. The molecule has 4 heteroatoms. The number of aromatic nitrogens is 2. The first-order chi connectivity index (χ1) is 7.27. The van der Waals surface area contributed by atoms with Crippen molar-refractivity contribution in [1.82, 2.24) is 9.55 Å². The van der Waals surface area contributed by atoms with E-state index in [0.717, 1.165) is 0 Å². The van der Waals surface area contributed by atoms with Crippen LogP contribution in [-0.4, -0.2) is 9.55 Å². The van der Waals surface area contributed by atoms with Gasteiger partial charge in [0.1, 0.15) is 11.3 Å². The number of hydrogen-bond donors (Lipinski definition) is 1. The Kier molecular flexibility index (Phi) is 1.85. The summed E-state index contributed by atoms with van der Waals surface area (Å²) in [6, 6.07) is 2.51. The van der Waals surface area contributed by atoms with Crippen LogP contribution in [0.2, 0.25) is 0 Å². The van der Waals surface area contributed by atoms with Gasteiger partial charge in [-0.3, -0.25) is 4.57 Å². The van der Waals surface area contributed by atoms with Gasteiger partial charge in [0.25, 0.3) is 0 Å². The molecule has 1 aliphatic heterocycles. The average molecular weight is 219 g/mol. The maximum absolute atomic E-state index is 4.24. The van der Waals surface area contributed by atoms with Crippen LogP contribution in [0, 0.1) is 5.92 Å². The number of nitrogens with zero attached hydrogens (tertiary/aromatic N) is 2. The first-order valence-corrected chi connectivity index (χ1v) is 6.02. The molecular formula is C11H13N3S. The van der Waals surface area contributed by atoms with Crippen molar-refractivity contribution in [2.45, 2.75) is 19.9 Å². The predicted octanol–water partition coefficient (Wildman–Crippen LogP) is 3.06. The molecule has 2 aromatic rings. The minimum absolute atomic E-state index is 0.370. The second-order valence-electron chi connectivity index (χ2n) is 4.19. The fraction of sp³-hybridized carbons (Fsp3) is 0.364. The molecule has 0 saturated heterocycles. The fourth-order valence-corrected chi connectivity index (χ4v) is 2.91. The summed E-state index contributed by atoms with van der Waals surface area (Å²) in [6.45, 7) is 4.46. The van der Waals surface area contributed by atoms with Gasteiger partial charge < -0.3 is 5.32 Å². The molecule has 15 heavy (non-hydrogen) atoms. The van der Waals surface area contributed by atoms with Crippen LogP contribution in [0.4, 0.5) is 5.69 Å². The third-order valence-electron chi connectivity index (χ3n) is 2.83. The Balaban J connectivity index is 2.18. The Hall–Kier alpha value is -1.29. The van der Waals surface area contributed by atoms with Crippen LogP contribution in [0.5, 0.6) is 0 Å². The first-order valence-electron chi connectivity index (χ1n) is 5.14. The second-order valence-corrected chi connectivity index (χ2v) is 5.09. The summed E-state index contributed by atoms with van der Waals surface area (Å²) in [6.07, 6.45) is 3.86. The van der Waals surface area contributed by atoms with Crippen molar-refractivity contribution in [3.63, 3.8) is 0 Å². The summed E-state index contributed by atoms with van der Waals surface area (Å²) in [5.74, 6) is 0.563. The lowest BCUT2D eigenvalue weighted by Crippen LogP contribution is -2.23. The Morgan fingerprint density at radius 1 is 1.53 bits per heavy atom. The molecule has 0 aliphatic carbocycles. The lowest BCUT2D eigenvalue weighted by atomic mass is 10.00. The highest BCUT2D eigenvalue weighted by molar-refractivity contribution is 7.13. The molecule has 1 atom stereocenters. The molecule has 3 nitrogen and oxygen atoms in total. The summed E-state index contributed by atoms with van der Waals surface area (Å²) in [5, 5.41) is 6.93. The van der Waals surface area contributed by atoms with Crippen LogP contribution in [0.3, 0.4) is 0 Å². The van der Waals surface area contributed by atoms with Crippen molar-refractivity contribution in [2.75, 3.05) is 5.32 Å². The topological polar surface area (TPSA) is 29.9 Å². The molecule has 0 radical (unpaired) electrons. The zero-order valence-electron chi connectivity index (χ0n) is 8.77.